The molecular weight excluding hydrogens is 302 g/mol. The maximum Gasteiger partial charge on any atom is 0.242 e. The number of aryl methyl sites for hydroxylation is 1. The Bertz CT molecular complexity index is 594. The van der Waals surface area contributed by atoms with Crippen LogP contribution in [0.2, 0.25) is 0 Å². The minimum Gasteiger partial charge on any atom is -0.368 e. The van der Waals surface area contributed by atoms with Crippen molar-refractivity contribution in [3.63, 3.8) is 0 Å². The SMILES string of the molecule is Cc1cccc(N2CCN(C(=O)CN3CCCCCC3=O)CC2)c1. The van der Waals surface area contributed by atoms with Crippen LogP contribution in [0.4, 0.5) is 5.69 Å². The fourth-order valence-corrected chi connectivity index (χ4v) is 3.51. The van der Waals surface area contributed by atoms with Gasteiger partial charge in [0.05, 0.1) is 6.54 Å². The molecule has 2 saturated heterocycles. The van der Waals surface area contributed by atoms with Gasteiger partial charge in [-0.15, -0.1) is 0 Å². The van der Waals surface area contributed by atoms with Crippen molar-refractivity contribution in [1.29, 1.82) is 0 Å². The van der Waals surface area contributed by atoms with Crippen LogP contribution in [0.3, 0.4) is 0 Å². The zero-order valence-corrected chi connectivity index (χ0v) is 14.5. The monoisotopic (exact) mass is 329 g/mol. The van der Waals surface area contributed by atoms with Gasteiger partial charge < -0.3 is 14.7 Å². The van der Waals surface area contributed by atoms with Crippen molar-refractivity contribution < 1.29 is 9.59 Å². The second-order valence-corrected chi connectivity index (χ2v) is 6.83. The van der Waals surface area contributed by atoms with Crippen LogP contribution in [0.1, 0.15) is 31.2 Å². The van der Waals surface area contributed by atoms with E-state index in [1.807, 2.05) is 4.90 Å². The van der Waals surface area contributed by atoms with Crippen molar-refractivity contribution in [2.75, 3.05) is 44.2 Å². The third-order valence-electron chi connectivity index (χ3n) is 5.00. The average molecular weight is 329 g/mol. The Labute approximate surface area is 144 Å². The van der Waals surface area contributed by atoms with Crippen molar-refractivity contribution in [1.82, 2.24) is 9.80 Å². The van der Waals surface area contributed by atoms with E-state index in [4.69, 9.17) is 0 Å². The fourth-order valence-electron chi connectivity index (χ4n) is 3.51. The molecule has 0 radical (unpaired) electrons. The maximum absolute atomic E-state index is 12.5. The Hall–Kier alpha value is -2.04. The summed E-state index contributed by atoms with van der Waals surface area (Å²) in [7, 11) is 0. The van der Waals surface area contributed by atoms with Crippen molar-refractivity contribution >= 4 is 17.5 Å². The highest BCUT2D eigenvalue weighted by Gasteiger charge is 2.25. The lowest BCUT2D eigenvalue weighted by atomic mass is 10.2. The van der Waals surface area contributed by atoms with Crippen LogP contribution in [0, 0.1) is 6.92 Å². The molecule has 2 amide bonds. The fraction of sp³-hybridized carbons (Fsp3) is 0.579. The highest BCUT2D eigenvalue weighted by Crippen LogP contribution is 2.18. The van der Waals surface area contributed by atoms with E-state index in [9.17, 15) is 9.59 Å². The zero-order valence-electron chi connectivity index (χ0n) is 14.5. The number of carbonyl (C=O) groups excluding carboxylic acids is 2. The number of hydrogen-bond acceptors (Lipinski definition) is 3. The Morgan fingerprint density at radius 3 is 2.58 bits per heavy atom. The van der Waals surface area contributed by atoms with Gasteiger partial charge in [0.2, 0.25) is 11.8 Å². The molecule has 0 N–H and O–H groups in total. The Balaban J connectivity index is 1.52. The van der Waals surface area contributed by atoms with Crippen molar-refractivity contribution in [2.45, 2.75) is 32.6 Å². The summed E-state index contributed by atoms with van der Waals surface area (Å²) >= 11 is 0. The van der Waals surface area contributed by atoms with E-state index < -0.39 is 0 Å². The summed E-state index contributed by atoms with van der Waals surface area (Å²) in [5.74, 6) is 0.230. The van der Waals surface area contributed by atoms with Crippen LogP contribution in [0.25, 0.3) is 0 Å². The molecule has 2 heterocycles. The number of amides is 2. The van der Waals surface area contributed by atoms with Gasteiger partial charge in [0.25, 0.3) is 0 Å². The summed E-state index contributed by atoms with van der Waals surface area (Å²) < 4.78 is 0. The Kier molecular flexibility index (Phi) is 5.38. The first-order valence-corrected chi connectivity index (χ1v) is 9.00. The maximum atomic E-state index is 12.5. The number of nitrogens with zero attached hydrogens (tertiary/aromatic N) is 3. The number of anilines is 1. The molecule has 130 valence electrons. The Morgan fingerprint density at radius 1 is 1.04 bits per heavy atom. The first-order valence-electron chi connectivity index (χ1n) is 9.00. The molecule has 3 rings (SSSR count). The predicted molar refractivity (Wildman–Crippen MR) is 95.0 cm³/mol. The van der Waals surface area contributed by atoms with Crippen molar-refractivity contribution in [2.24, 2.45) is 0 Å². The minimum absolute atomic E-state index is 0.0918. The van der Waals surface area contributed by atoms with E-state index in [-0.39, 0.29) is 18.4 Å². The van der Waals surface area contributed by atoms with Gasteiger partial charge >= 0.3 is 0 Å². The molecule has 2 aliphatic rings. The van der Waals surface area contributed by atoms with E-state index in [1.54, 1.807) is 4.90 Å². The lowest BCUT2D eigenvalue weighted by Crippen LogP contribution is -2.51. The van der Waals surface area contributed by atoms with Crippen LogP contribution in [-0.2, 0) is 9.59 Å². The van der Waals surface area contributed by atoms with E-state index in [0.29, 0.717) is 6.42 Å². The topological polar surface area (TPSA) is 43.9 Å². The molecule has 2 fully saturated rings. The number of hydrogen-bond donors (Lipinski definition) is 0. The summed E-state index contributed by atoms with van der Waals surface area (Å²) in [6.07, 6.45) is 3.65. The number of carbonyl (C=O) groups is 2. The lowest BCUT2D eigenvalue weighted by Gasteiger charge is -2.37. The normalized spacial score (nSPS) is 19.4. The molecular formula is C19H27N3O2. The minimum atomic E-state index is 0.0918. The van der Waals surface area contributed by atoms with Gasteiger partial charge in [-0.1, -0.05) is 18.6 Å². The number of benzene rings is 1. The third-order valence-corrected chi connectivity index (χ3v) is 5.00. The molecule has 0 saturated carbocycles. The summed E-state index contributed by atoms with van der Waals surface area (Å²) in [4.78, 5) is 30.6. The smallest absolute Gasteiger partial charge is 0.242 e. The predicted octanol–water partition coefficient (Wildman–Crippen LogP) is 2.05. The van der Waals surface area contributed by atoms with E-state index in [2.05, 4.69) is 36.1 Å². The number of rotatable bonds is 3. The van der Waals surface area contributed by atoms with Crippen LogP contribution >= 0.6 is 0 Å². The lowest BCUT2D eigenvalue weighted by molar-refractivity contribution is -0.140. The zero-order chi connectivity index (χ0) is 16.9. The first-order chi connectivity index (χ1) is 11.6. The third kappa shape index (κ3) is 4.08. The highest BCUT2D eigenvalue weighted by molar-refractivity contribution is 5.85. The van der Waals surface area contributed by atoms with Crippen LogP contribution < -0.4 is 4.90 Å². The van der Waals surface area contributed by atoms with Crippen molar-refractivity contribution in [3.8, 4) is 0 Å². The molecule has 0 spiro atoms. The summed E-state index contributed by atoms with van der Waals surface area (Å²) in [6.45, 7) is 6.24. The van der Waals surface area contributed by atoms with Gasteiger partial charge in [0.1, 0.15) is 0 Å². The highest BCUT2D eigenvalue weighted by atomic mass is 16.2. The summed E-state index contributed by atoms with van der Waals surface area (Å²) in [5.41, 5.74) is 2.48. The first kappa shape index (κ1) is 16.8. The van der Waals surface area contributed by atoms with Crippen LogP contribution in [0.15, 0.2) is 24.3 Å². The molecule has 5 heteroatoms. The molecule has 1 aromatic carbocycles. The van der Waals surface area contributed by atoms with Crippen LogP contribution in [0.5, 0.6) is 0 Å². The van der Waals surface area contributed by atoms with Gasteiger partial charge in [0, 0.05) is 44.8 Å². The van der Waals surface area contributed by atoms with Gasteiger partial charge in [-0.2, -0.15) is 0 Å². The quantitative estimate of drug-likeness (QED) is 0.852. The van der Waals surface area contributed by atoms with Gasteiger partial charge in [-0.3, -0.25) is 9.59 Å². The molecule has 24 heavy (non-hydrogen) atoms. The molecule has 0 atom stereocenters. The van der Waals surface area contributed by atoms with Crippen molar-refractivity contribution in [3.05, 3.63) is 29.8 Å². The molecule has 0 unspecified atom stereocenters. The molecule has 0 aromatic heterocycles. The van der Waals surface area contributed by atoms with E-state index >= 15 is 0 Å². The summed E-state index contributed by atoms with van der Waals surface area (Å²) in [6, 6.07) is 8.49. The average Bonchev–Trinajstić information content (AvgIpc) is 2.80. The summed E-state index contributed by atoms with van der Waals surface area (Å²) in [5, 5.41) is 0. The van der Waals surface area contributed by atoms with Gasteiger partial charge in [0.15, 0.2) is 0 Å². The second-order valence-electron chi connectivity index (χ2n) is 6.83. The standard InChI is InChI=1S/C19H27N3O2/c1-16-6-5-7-17(14-16)20-10-12-21(13-11-20)19(24)15-22-9-4-2-3-8-18(22)23/h5-7,14H,2-4,8-13,15H2,1H3. The van der Waals surface area contributed by atoms with Crippen LogP contribution in [-0.4, -0.2) is 60.9 Å². The molecule has 2 aliphatic heterocycles. The van der Waals surface area contributed by atoms with Gasteiger partial charge in [-0.25, -0.2) is 0 Å². The molecule has 0 bridgehead atoms. The Morgan fingerprint density at radius 2 is 1.83 bits per heavy atom. The van der Waals surface area contributed by atoms with Gasteiger partial charge in [-0.05, 0) is 37.5 Å². The van der Waals surface area contributed by atoms with E-state index in [0.717, 1.165) is 52.0 Å². The number of piperazine rings is 1. The molecule has 1 aromatic rings. The second kappa shape index (κ2) is 7.69. The molecule has 0 aliphatic carbocycles. The van der Waals surface area contributed by atoms with E-state index in [1.165, 1.54) is 11.3 Å². The number of likely N-dealkylation sites (tertiary alicyclic amines) is 1. The largest absolute Gasteiger partial charge is 0.368 e. The molecule has 5 nitrogen and oxygen atoms in total.